The number of rotatable bonds is 2. The summed E-state index contributed by atoms with van der Waals surface area (Å²) >= 11 is 0. The molecule has 0 saturated carbocycles. The molecule has 14 heavy (non-hydrogen) atoms. The minimum Gasteiger partial charge on any atom is -0.396 e. The molecule has 5 nitrogen and oxygen atoms in total. The van der Waals surface area contributed by atoms with E-state index in [4.69, 9.17) is 5.11 Å². The Morgan fingerprint density at radius 2 is 2.29 bits per heavy atom. The Hall–Kier alpha value is -1.75. The van der Waals surface area contributed by atoms with Crippen molar-refractivity contribution < 1.29 is 5.11 Å². The number of aromatic amines is 1. The molecule has 1 aromatic heterocycles. The molecule has 0 bridgehead atoms. The highest BCUT2D eigenvalue weighted by molar-refractivity contribution is 5.80. The van der Waals surface area contributed by atoms with Gasteiger partial charge >= 0.3 is 0 Å². The first-order valence-corrected chi connectivity index (χ1v) is 4.27. The van der Waals surface area contributed by atoms with Crippen LogP contribution >= 0.6 is 0 Å². The summed E-state index contributed by atoms with van der Waals surface area (Å²) in [6.45, 7) is 0.0148. The van der Waals surface area contributed by atoms with E-state index in [0.29, 0.717) is 17.3 Å². The SMILES string of the molecule is O=c1[nH]nnc2cccc(CCO)c12. The van der Waals surface area contributed by atoms with Crippen molar-refractivity contribution in [2.45, 2.75) is 6.42 Å². The molecule has 0 fully saturated rings. The fourth-order valence-corrected chi connectivity index (χ4v) is 1.44. The topological polar surface area (TPSA) is 78.9 Å². The first-order valence-electron chi connectivity index (χ1n) is 4.27. The van der Waals surface area contributed by atoms with Crippen LogP contribution in [0.5, 0.6) is 0 Å². The van der Waals surface area contributed by atoms with Gasteiger partial charge in [-0.15, -0.1) is 5.10 Å². The molecule has 72 valence electrons. The summed E-state index contributed by atoms with van der Waals surface area (Å²) in [4.78, 5) is 11.4. The molecule has 2 rings (SSSR count). The van der Waals surface area contributed by atoms with Gasteiger partial charge in [-0.05, 0) is 18.1 Å². The van der Waals surface area contributed by atoms with Gasteiger partial charge in [0.25, 0.3) is 5.56 Å². The maximum absolute atomic E-state index is 11.4. The van der Waals surface area contributed by atoms with E-state index in [1.54, 1.807) is 18.2 Å². The van der Waals surface area contributed by atoms with Gasteiger partial charge in [-0.3, -0.25) is 4.79 Å². The van der Waals surface area contributed by atoms with Gasteiger partial charge in [0, 0.05) is 6.61 Å². The summed E-state index contributed by atoms with van der Waals surface area (Å²) < 4.78 is 0. The van der Waals surface area contributed by atoms with Crippen molar-refractivity contribution >= 4 is 10.9 Å². The van der Waals surface area contributed by atoms with Gasteiger partial charge < -0.3 is 5.11 Å². The molecule has 1 aromatic carbocycles. The minimum atomic E-state index is -0.265. The number of H-pyrrole nitrogens is 1. The quantitative estimate of drug-likeness (QED) is 0.692. The zero-order chi connectivity index (χ0) is 9.97. The highest BCUT2D eigenvalue weighted by Gasteiger charge is 2.05. The lowest BCUT2D eigenvalue weighted by molar-refractivity contribution is 0.300. The molecular formula is C9H9N3O2. The van der Waals surface area contributed by atoms with Gasteiger partial charge in [-0.1, -0.05) is 17.3 Å². The Labute approximate surface area is 79.4 Å². The largest absolute Gasteiger partial charge is 0.396 e. The van der Waals surface area contributed by atoms with Crippen LogP contribution in [0.4, 0.5) is 0 Å². The summed E-state index contributed by atoms with van der Waals surface area (Å²) in [6, 6.07) is 5.31. The van der Waals surface area contributed by atoms with Crippen LogP contribution in [0.25, 0.3) is 10.9 Å². The van der Waals surface area contributed by atoms with E-state index >= 15 is 0 Å². The van der Waals surface area contributed by atoms with Crippen molar-refractivity contribution in [3.05, 3.63) is 34.1 Å². The molecular weight excluding hydrogens is 182 g/mol. The molecule has 5 heteroatoms. The van der Waals surface area contributed by atoms with E-state index in [1.807, 2.05) is 0 Å². The Balaban J connectivity index is 2.77. The second kappa shape index (κ2) is 3.55. The second-order valence-electron chi connectivity index (χ2n) is 2.93. The fourth-order valence-electron chi connectivity index (χ4n) is 1.44. The van der Waals surface area contributed by atoms with Crippen LogP contribution in [0, 0.1) is 0 Å². The first kappa shape index (κ1) is 8.83. The molecule has 0 aliphatic carbocycles. The predicted molar refractivity (Wildman–Crippen MR) is 50.9 cm³/mol. The summed E-state index contributed by atoms with van der Waals surface area (Å²) in [6.07, 6.45) is 0.451. The lowest BCUT2D eigenvalue weighted by atomic mass is 10.1. The van der Waals surface area contributed by atoms with Crippen molar-refractivity contribution in [2.75, 3.05) is 6.61 Å². The van der Waals surface area contributed by atoms with Gasteiger partial charge in [-0.25, -0.2) is 5.10 Å². The molecule has 0 aliphatic rings. The lowest BCUT2D eigenvalue weighted by Crippen LogP contribution is -2.12. The van der Waals surface area contributed by atoms with Gasteiger partial charge in [0.15, 0.2) is 0 Å². The number of nitrogens with one attached hydrogen (secondary N) is 1. The highest BCUT2D eigenvalue weighted by Crippen LogP contribution is 2.11. The van der Waals surface area contributed by atoms with Crippen LogP contribution < -0.4 is 5.56 Å². The molecule has 2 aromatic rings. The van der Waals surface area contributed by atoms with Crippen LogP contribution in [0.15, 0.2) is 23.0 Å². The number of benzene rings is 1. The van der Waals surface area contributed by atoms with Gasteiger partial charge in [0.05, 0.1) is 5.39 Å². The maximum Gasteiger partial charge on any atom is 0.275 e. The standard InChI is InChI=1S/C9H9N3O2/c13-5-4-6-2-1-3-7-8(6)9(14)11-12-10-7/h1-3,13H,4-5H2,(H,10,11,14). The molecule has 0 atom stereocenters. The Bertz CT molecular complexity index is 501. The van der Waals surface area contributed by atoms with Gasteiger partial charge in [0.2, 0.25) is 0 Å². The minimum absolute atomic E-state index is 0.0148. The molecule has 2 N–H and O–H groups in total. The average molecular weight is 191 g/mol. The van der Waals surface area contributed by atoms with Crippen LogP contribution in [0.3, 0.4) is 0 Å². The number of aromatic nitrogens is 3. The monoisotopic (exact) mass is 191 g/mol. The van der Waals surface area contributed by atoms with Gasteiger partial charge in [-0.2, -0.15) is 0 Å². The zero-order valence-electron chi connectivity index (χ0n) is 7.40. The van der Waals surface area contributed by atoms with E-state index < -0.39 is 0 Å². The third-order valence-electron chi connectivity index (χ3n) is 2.05. The highest BCUT2D eigenvalue weighted by atomic mass is 16.3. The number of aliphatic hydroxyl groups excluding tert-OH is 1. The van der Waals surface area contributed by atoms with Crippen LogP contribution in [0.2, 0.25) is 0 Å². The number of fused-ring (bicyclic) bond motifs is 1. The van der Waals surface area contributed by atoms with Crippen molar-refractivity contribution in [1.82, 2.24) is 15.4 Å². The number of hydrogen-bond donors (Lipinski definition) is 2. The number of nitrogens with zero attached hydrogens (tertiary/aromatic N) is 2. The third-order valence-corrected chi connectivity index (χ3v) is 2.05. The number of aliphatic hydroxyl groups is 1. The smallest absolute Gasteiger partial charge is 0.275 e. The zero-order valence-corrected chi connectivity index (χ0v) is 7.40. The molecule has 0 saturated heterocycles. The molecule has 0 unspecified atom stereocenters. The second-order valence-corrected chi connectivity index (χ2v) is 2.93. The van der Waals surface area contributed by atoms with Crippen LogP contribution in [-0.4, -0.2) is 27.1 Å². The van der Waals surface area contributed by atoms with E-state index in [2.05, 4.69) is 15.4 Å². The van der Waals surface area contributed by atoms with Crippen molar-refractivity contribution in [1.29, 1.82) is 0 Å². The molecule has 0 radical (unpaired) electrons. The summed E-state index contributed by atoms with van der Waals surface area (Å²) in [5, 5.41) is 18.9. The van der Waals surface area contributed by atoms with E-state index in [9.17, 15) is 4.79 Å². The summed E-state index contributed by atoms with van der Waals surface area (Å²) in [5.74, 6) is 0. The normalized spacial score (nSPS) is 10.6. The Morgan fingerprint density at radius 1 is 1.43 bits per heavy atom. The number of hydrogen-bond acceptors (Lipinski definition) is 4. The first-order chi connectivity index (χ1) is 6.83. The summed E-state index contributed by atoms with van der Waals surface area (Å²) in [5.41, 5.74) is 1.08. The maximum atomic E-state index is 11.4. The van der Waals surface area contributed by atoms with Crippen molar-refractivity contribution in [3.63, 3.8) is 0 Å². The average Bonchev–Trinajstić information content (AvgIpc) is 2.19. The molecule has 0 spiro atoms. The molecule has 1 heterocycles. The summed E-state index contributed by atoms with van der Waals surface area (Å²) in [7, 11) is 0. The Morgan fingerprint density at radius 3 is 3.07 bits per heavy atom. The Kier molecular flexibility index (Phi) is 2.24. The lowest BCUT2D eigenvalue weighted by Gasteiger charge is -2.01. The molecule has 0 aliphatic heterocycles. The fraction of sp³-hybridized carbons (Fsp3) is 0.222. The van der Waals surface area contributed by atoms with Gasteiger partial charge in [0.1, 0.15) is 5.52 Å². The van der Waals surface area contributed by atoms with E-state index in [0.717, 1.165) is 5.56 Å². The van der Waals surface area contributed by atoms with Crippen LogP contribution in [0.1, 0.15) is 5.56 Å². The predicted octanol–water partition coefficient (Wildman–Crippen LogP) is -0.147. The van der Waals surface area contributed by atoms with Crippen molar-refractivity contribution in [2.24, 2.45) is 0 Å². The molecule has 0 amide bonds. The third kappa shape index (κ3) is 1.38. The van der Waals surface area contributed by atoms with Crippen LogP contribution in [-0.2, 0) is 6.42 Å². The van der Waals surface area contributed by atoms with E-state index in [1.165, 1.54) is 0 Å². The van der Waals surface area contributed by atoms with Crippen molar-refractivity contribution in [3.8, 4) is 0 Å². The van der Waals surface area contributed by atoms with E-state index in [-0.39, 0.29) is 12.2 Å².